The predicted octanol–water partition coefficient (Wildman–Crippen LogP) is 15.0. The minimum atomic E-state index is -4.46. The Morgan fingerprint density at radius 3 is 1.31 bits per heavy atom. The average molecular weight is 1210 g/mol. The summed E-state index contributed by atoms with van der Waals surface area (Å²) in [5.74, 6) is -0.0355. The molecule has 8 aromatic carbocycles. The molecule has 0 bridgehead atoms. The summed E-state index contributed by atoms with van der Waals surface area (Å²) in [6.07, 6.45) is -12.5. The van der Waals surface area contributed by atoms with E-state index in [4.69, 9.17) is 0 Å². The van der Waals surface area contributed by atoms with Crippen molar-refractivity contribution in [1.29, 1.82) is 0 Å². The number of nitrogens with zero attached hydrogens (tertiary/aromatic N) is 9. The van der Waals surface area contributed by atoms with Crippen LogP contribution in [0.5, 0.6) is 5.75 Å². The second-order valence-corrected chi connectivity index (χ2v) is 19.3. The molecular weight excluding hydrogens is 1170 g/mol. The standard InChI is InChI=1S/C21H24F3N3O.2C17H10F3N3.Ir/c1-19(2,3)12-20(4,5)13-7-9-18(28)17(11-13)27-25-15-8-6-14(21(22,23)24)10-16(15)26-27;2*18-17(19,20)13-8-4-9-14-16(13)22-23(21-14)15-10-3-6-11-5-1-2-7-12(11)15;/h6-11,28H,12H2,1-5H3;2*1-10H;. The first kappa shape index (κ1) is 53.6. The van der Waals surface area contributed by atoms with Crippen molar-refractivity contribution in [2.75, 3.05) is 0 Å². The quantitative estimate of drug-likeness (QED) is 0.171. The number of benzene rings is 8. The molecule has 0 atom stereocenters. The zero-order chi connectivity index (χ0) is 53.0. The van der Waals surface area contributed by atoms with Crippen molar-refractivity contribution in [1.82, 2.24) is 45.0 Å². The van der Waals surface area contributed by atoms with Crippen molar-refractivity contribution in [3.05, 3.63) is 180 Å². The Hall–Kier alpha value is -7.70. The van der Waals surface area contributed by atoms with Gasteiger partial charge in [0, 0.05) is 30.9 Å². The number of aromatic hydroxyl groups is 1. The number of halogens is 9. The number of hydrogen-bond donors (Lipinski definition) is 1. The number of phenolic OH excluding ortho intramolecular Hbond substituents is 1. The van der Waals surface area contributed by atoms with E-state index in [9.17, 15) is 44.6 Å². The van der Waals surface area contributed by atoms with Crippen LogP contribution in [0.15, 0.2) is 158 Å². The largest absolute Gasteiger partial charge is 0.506 e. The summed E-state index contributed by atoms with van der Waals surface area (Å²) < 4.78 is 117. The molecule has 75 heavy (non-hydrogen) atoms. The van der Waals surface area contributed by atoms with Crippen LogP contribution in [-0.2, 0) is 44.0 Å². The number of phenols is 1. The van der Waals surface area contributed by atoms with E-state index in [2.05, 4.69) is 65.2 Å². The fourth-order valence-electron chi connectivity index (χ4n) is 9.04. The normalized spacial score (nSPS) is 12.4. The second kappa shape index (κ2) is 20.2. The molecule has 1 N–H and O–H groups in total. The minimum absolute atomic E-state index is 0. The first-order valence-corrected chi connectivity index (χ1v) is 23.0. The number of rotatable bonds is 5. The van der Waals surface area contributed by atoms with Crippen molar-refractivity contribution in [3.63, 3.8) is 0 Å². The molecule has 20 heteroatoms. The number of alkyl halides is 9. The number of aromatic nitrogens is 9. The molecule has 0 saturated carbocycles. The fraction of sp³-hybridized carbons (Fsp3) is 0.200. The Morgan fingerprint density at radius 2 is 0.827 bits per heavy atom. The summed E-state index contributed by atoms with van der Waals surface area (Å²) in [5.41, 5.74) is 0.808. The third-order valence-corrected chi connectivity index (χ3v) is 12.1. The Bertz CT molecular complexity index is 3670. The smallest absolute Gasteiger partial charge is 0.418 e. The summed E-state index contributed by atoms with van der Waals surface area (Å²) in [7, 11) is 0. The van der Waals surface area contributed by atoms with Crippen LogP contribution in [0.4, 0.5) is 39.5 Å². The topological polar surface area (TPSA) is 112 Å². The second-order valence-electron chi connectivity index (χ2n) is 19.3. The summed E-state index contributed by atoms with van der Waals surface area (Å²) in [6, 6.07) is 42.5. The fourth-order valence-corrected chi connectivity index (χ4v) is 9.04. The third-order valence-electron chi connectivity index (χ3n) is 12.1. The van der Waals surface area contributed by atoms with Gasteiger partial charge < -0.3 is 5.11 Å². The van der Waals surface area contributed by atoms with Crippen LogP contribution in [0.25, 0.3) is 71.7 Å². The van der Waals surface area contributed by atoms with Gasteiger partial charge in [0.1, 0.15) is 44.5 Å². The molecule has 10 nitrogen and oxygen atoms in total. The number of hydrogen-bond acceptors (Lipinski definition) is 7. The SMILES string of the molecule is CC(C)(C)CC(C)(C)c1ccc(O)c(-n2nc3ccc(C(F)(F)F)cc3n2)c1.FC(F)(F)c1cccc2nn(-c3cccc4ccccc34)nc12.FC(F)(F)c1cccc2nn(-c3cccc4ccccc34)nc12.[Ir]. The third kappa shape index (κ3) is 11.5. The molecule has 3 aromatic heterocycles. The van der Waals surface area contributed by atoms with Crippen LogP contribution >= 0.6 is 0 Å². The first-order valence-electron chi connectivity index (χ1n) is 23.0. The van der Waals surface area contributed by atoms with Gasteiger partial charge in [-0.05, 0) is 100 Å². The van der Waals surface area contributed by atoms with Crippen LogP contribution in [0.3, 0.4) is 0 Å². The van der Waals surface area contributed by atoms with E-state index in [1.54, 1.807) is 24.3 Å². The summed E-state index contributed by atoms with van der Waals surface area (Å²) >= 11 is 0. The predicted molar refractivity (Wildman–Crippen MR) is 265 cm³/mol. The zero-order valence-electron chi connectivity index (χ0n) is 40.4. The first-order chi connectivity index (χ1) is 34.8. The van der Waals surface area contributed by atoms with Gasteiger partial charge in [0.25, 0.3) is 0 Å². The number of fused-ring (bicyclic) bond motifs is 5. The molecular formula is C55H44F9IrN9O. The average Bonchev–Trinajstić information content (AvgIpc) is 4.09. The molecule has 387 valence electrons. The van der Waals surface area contributed by atoms with E-state index < -0.39 is 35.2 Å². The minimum Gasteiger partial charge on any atom is -0.506 e. The molecule has 0 aliphatic heterocycles. The van der Waals surface area contributed by atoms with Gasteiger partial charge in [0.2, 0.25) is 0 Å². The van der Waals surface area contributed by atoms with Gasteiger partial charge in [-0.25, -0.2) is 0 Å². The van der Waals surface area contributed by atoms with Crippen molar-refractivity contribution < 1.29 is 64.7 Å². The van der Waals surface area contributed by atoms with Gasteiger partial charge in [0.15, 0.2) is 0 Å². The summed E-state index contributed by atoms with van der Waals surface area (Å²) in [6.45, 7) is 10.7. The van der Waals surface area contributed by atoms with Gasteiger partial charge in [0.05, 0.1) is 28.1 Å². The summed E-state index contributed by atoms with van der Waals surface area (Å²) in [5, 5.41) is 39.0. The molecule has 0 fully saturated rings. The molecule has 0 aliphatic rings. The van der Waals surface area contributed by atoms with Gasteiger partial charge in [-0.2, -0.15) is 39.5 Å². The Balaban J connectivity index is 0.000000149. The zero-order valence-corrected chi connectivity index (χ0v) is 42.8. The van der Waals surface area contributed by atoms with Gasteiger partial charge >= 0.3 is 18.5 Å². The van der Waals surface area contributed by atoms with Gasteiger partial charge in [-0.15, -0.1) is 45.0 Å². The van der Waals surface area contributed by atoms with Crippen LogP contribution < -0.4 is 0 Å². The molecule has 0 amide bonds. The van der Waals surface area contributed by atoms with Gasteiger partial charge in [-0.3, -0.25) is 0 Å². The van der Waals surface area contributed by atoms with E-state index in [1.807, 2.05) is 78.9 Å². The van der Waals surface area contributed by atoms with E-state index >= 15 is 0 Å². The van der Waals surface area contributed by atoms with Crippen molar-refractivity contribution in [3.8, 4) is 22.8 Å². The molecule has 11 rings (SSSR count). The maximum atomic E-state index is 13.1. The maximum Gasteiger partial charge on any atom is 0.418 e. The molecule has 3 heterocycles. The van der Waals surface area contributed by atoms with Gasteiger partial charge in [-0.1, -0.05) is 126 Å². The molecule has 0 aliphatic carbocycles. The van der Waals surface area contributed by atoms with E-state index in [-0.39, 0.29) is 64.3 Å². The van der Waals surface area contributed by atoms with Crippen LogP contribution in [0.1, 0.15) is 63.3 Å². The van der Waals surface area contributed by atoms with E-state index in [0.717, 1.165) is 57.8 Å². The monoisotopic (exact) mass is 1210 g/mol. The van der Waals surface area contributed by atoms with Crippen molar-refractivity contribution >= 4 is 54.6 Å². The molecule has 11 aromatic rings. The Kier molecular flexibility index (Phi) is 14.4. The Morgan fingerprint density at radius 1 is 0.400 bits per heavy atom. The maximum absolute atomic E-state index is 13.1. The van der Waals surface area contributed by atoms with Crippen LogP contribution in [-0.4, -0.2) is 50.1 Å². The Labute approximate surface area is 435 Å². The van der Waals surface area contributed by atoms with E-state index in [1.165, 1.54) is 44.7 Å². The van der Waals surface area contributed by atoms with Crippen LogP contribution in [0.2, 0.25) is 0 Å². The van der Waals surface area contributed by atoms with Crippen molar-refractivity contribution in [2.45, 2.75) is 65.0 Å². The van der Waals surface area contributed by atoms with Crippen molar-refractivity contribution in [2.24, 2.45) is 5.41 Å². The van der Waals surface area contributed by atoms with Crippen LogP contribution in [0, 0.1) is 5.41 Å². The molecule has 1 radical (unpaired) electrons. The molecule has 0 unspecified atom stereocenters. The summed E-state index contributed by atoms with van der Waals surface area (Å²) in [4.78, 5) is 3.72. The van der Waals surface area contributed by atoms with E-state index in [0.29, 0.717) is 22.6 Å². The molecule has 0 spiro atoms. The molecule has 0 saturated heterocycles.